The Bertz CT molecular complexity index is 641. The number of methoxy groups -OCH3 is 1. The van der Waals surface area contributed by atoms with Gasteiger partial charge in [0.25, 0.3) is 0 Å². The van der Waals surface area contributed by atoms with E-state index in [1.165, 1.54) is 0 Å². The summed E-state index contributed by atoms with van der Waals surface area (Å²) in [4.78, 5) is 32.4. The quantitative estimate of drug-likeness (QED) is 0.718. The summed E-state index contributed by atoms with van der Waals surface area (Å²) in [6.45, 7) is 3.72. The molecule has 0 saturated carbocycles. The van der Waals surface area contributed by atoms with Crippen molar-refractivity contribution >= 4 is 11.8 Å². The lowest BCUT2D eigenvalue weighted by atomic mass is 9.92. The molecule has 2 amide bonds. The highest BCUT2D eigenvalue weighted by molar-refractivity contribution is 5.79. The second kappa shape index (κ2) is 9.27. The van der Waals surface area contributed by atoms with Gasteiger partial charge in [-0.15, -0.1) is 0 Å². The first-order valence-electron chi connectivity index (χ1n) is 9.67. The van der Waals surface area contributed by atoms with E-state index in [9.17, 15) is 9.59 Å². The molecule has 1 aromatic heterocycles. The third-order valence-corrected chi connectivity index (χ3v) is 5.41. The highest BCUT2D eigenvalue weighted by Gasteiger charge is 2.33. The monoisotopic (exact) mass is 379 g/mol. The minimum Gasteiger partial charge on any atom is -0.384 e. The molecular weight excluding hydrogens is 350 g/mol. The van der Waals surface area contributed by atoms with Crippen LogP contribution in [0, 0.1) is 5.92 Å². The van der Waals surface area contributed by atoms with Crippen LogP contribution in [-0.2, 0) is 20.7 Å². The van der Waals surface area contributed by atoms with Gasteiger partial charge in [0.15, 0.2) is 5.82 Å². The summed E-state index contributed by atoms with van der Waals surface area (Å²) >= 11 is 0. The summed E-state index contributed by atoms with van der Waals surface area (Å²) in [6.07, 6.45) is 4.06. The van der Waals surface area contributed by atoms with E-state index < -0.39 is 0 Å². The smallest absolute Gasteiger partial charge is 0.231 e. The Morgan fingerprint density at radius 1 is 1.26 bits per heavy atom. The van der Waals surface area contributed by atoms with Crippen molar-refractivity contribution in [1.82, 2.24) is 19.9 Å². The second-order valence-electron chi connectivity index (χ2n) is 7.43. The number of hydrogen-bond acceptors (Lipinski definition) is 7. The summed E-state index contributed by atoms with van der Waals surface area (Å²) in [5.41, 5.74) is 5.25. The average Bonchev–Trinajstić information content (AvgIpc) is 3.15. The fourth-order valence-electron chi connectivity index (χ4n) is 3.92. The molecule has 3 rings (SSSR count). The number of carbonyl (C=O) groups excluding carboxylic acids is 2. The van der Waals surface area contributed by atoms with Crippen LogP contribution >= 0.6 is 0 Å². The van der Waals surface area contributed by atoms with Gasteiger partial charge in [-0.25, -0.2) is 0 Å². The minimum atomic E-state index is -0.317. The zero-order valence-electron chi connectivity index (χ0n) is 15.9. The first-order valence-corrected chi connectivity index (χ1v) is 9.67. The van der Waals surface area contributed by atoms with E-state index in [2.05, 4.69) is 10.1 Å². The van der Waals surface area contributed by atoms with Gasteiger partial charge in [0.2, 0.25) is 17.7 Å². The maximum absolute atomic E-state index is 12.9. The fraction of sp³-hybridized carbons (Fsp3) is 0.778. The molecule has 9 heteroatoms. The summed E-state index contributed by atoms with van der Waals surface area (Å²) < 4.78 is 10.5. The van der Waals surface area contributed by atoms with Crippen LogP contribution in [0.1, 0.15) is 43.3 Å². The molecule has 3 heterocycles. The normalized spacial score (nSPS) is 22.1. The van der Waals surface area contributed by atoms with Crippen molar-refractivity contribution in [3.63, 3.8) is 0 Å². The fourth-order valence-corrected chi connectivity index (χ4v) is 3.92. The number of ether oxygens (including phenoxy) is 1. The van der Waals surface area contributed by atoms with Crippen molar-refractivity contribution in [3.05, 3.63) is 11.7 Å². The third kappa shape index (κ3) is 5.26. The standard InChI is InChI=1S/C18H29N5O4/c1-26-10-6-16-20-17(27-21-16)14-3-2-7-23(11-14)18(25)13-4-8-22(9-5-13)12-15(19)24/h13-14H,2-12H2,1H3,(H2,19,24). The van der Waals surface area contributed by atoms with Crippen LogP contribution in [0.15, 0.2) is 4.52 Å². The van der Waals surface area contributed by atoms with E-state index in [1.54, 1.807) is 7.11 Å². The molecule has 2 fully saturated rings. The summed E-state index contributed by atoms with van der Waals surface area (Å²) in [5, 5.41) is 4.01. The number of nitrogens with two attached hydrogens (primary N) is 1. The van der Waals surface area contributed by atoms with Crippen LogP contribution < -0.4 is 5.73 Å². The number of hydrogen-bond donors (Lipinski definition) is 1. The Morgan fingerprint density at radius 2 is 2.04 bits per heavy atom. The average molecular weight is 379 g/mol. The highest BCUT2D eigenvalue weighted by atomic mass is 16.5. The Kier molecular flexibility index (Phi) is 6.78. The minimum absolute atomic E-state index is 0.0211. The lowest BCUT2D eigenvalue weighted by Crippen LogP contribution is -2.47. The zero-order chi connectivity index (χ0) is 19.2. The van der Waals surface area contributed by atoms with Crippen molar-refractivity contribution in [2.75, 3.05) is 46.4 Å². The Labute approximate surface area is 159 Å². The number of rotatable bonds is 7. The molecule has 9 nitrogen and oxygen atoms in total. The summed E-state index contributed by atoms with van der Waals surface area (Å²) in [7, 11) is 1.64. The van der Waals surface area contributed by atoms with Gasteiger partial charge in [-0.3, -0.25) is 14.5 Å². The van der Waals surface area contributed by atoms with Gasteiger partial charge in [-0.2, -0.15) is 4.98 Å². The van der Waals surface area contributed by atoms with Crippen LogP contribution in [0.3, 0.4) is 0 Å². The SMILES string of the molecule is COCCc1noc(C2CCCN(C(=O)C3CCN(CC(N)=O)CC3)C2)n1. The molecule has 2 N–H and O–H groups in total. The van der Waals surface area contributed by atoms with Crippen LogP contribution in [0.25, 0.3) is 0 Å². The predicted molar refractivity (Wildman–Crippen MR) is 96.8 cm³/mol. The number of carbonyl (C=O) groups is 2. The van der Waals surface area contributed by atoms with Gasteiger partial charge < -0.3 is 19.9 Å². The molecule has 2 aliphatic heterocycles. The molecule has 1 aromatic rings. The zero-order valence-corrected chi connectivity index (χ0v) is 15.9. The number of primary amides is 1. The van der Waals surface area contributed by atoms with Gasteiger partial charge >= 0.3 is 0 Å². The largest absolute Gasteiger partial charge is 0.384 e. The van der Waals surface area contributed by atoms with Gasteiger partial charge in [0.05, 0.1) is 19.1 Å². The van der Waals surface area contributed by atoms with E-state index >= 15 is 0 Å². The molecule has 0 aliphatic carbocycles. The molecule has 0 bridgehead atoms. The van der Waals surface area contributed by atoms with Crippen molar-refractivity contribution in [1.29, 1.82) is 0 Å². The first kappa shape index (κ1) is 19.8. The Hall–Kier alpha value is -2.00. The molecular formula is C18H29N5O4. The lowest BCUT2D eigenvalue weighted by Gasteiger charge is -2.36. The van der Waals surface area contributed by atoms with Gasteiger partial charge in [0, 0.05) is 32.5 Å². The Morgan fingerprint density at radius 3 is 2.74 bits per heavy atom. The highest BCUT2D eigenvalue weighted by Crippen LogP contribution is 2.28. The molecule has 0 radical (unpaired) electrons. The number of aromatic nitrogens is 2. The van der Waals surface area contributed by atoms with Crippen molar-refractivity contribution in [2.24, 2.45) is 11.7 Å². The molecule has 2 aliphatic rings. The van der Waals surface area contributed by atoms with Gasteiger partial charge in [-0.1, -0.05) is 5.16 Å². The predicted octanol–water partition coefficient (Wildman–Crippen LogP) is 0.162. The molecule has 150 valence electrons. The third-order valence-electron chi connectivity index (χ3n) is 5.41. The number of nitrogens with zero attached hydrogens (tertiary/aromatic N) is 4. The second-order valence-corrected chi connectivity index (χ2v) is 7.43. The van der Waals surface area contributed by atoms with E-state index in [4.69, 9.17) is 15.0 Å². The van der Waals surface area contributed by atoms with Crippen molar-refractivity contribution in [3.8, 4) is 0 Å². The van der Waals surface area contributed by atoms with Crippen LogP contribution in [0.2, 0.25) is 0 Å². The maximum Gasteiger partial charge on any atom is 0.231 e. The molecule has 1 unspecified atom stereocenters. The van der Waals surface area contributed by atoms with Crippen LogP contribution in [-0.4, -0.2) is 78.2 Å². The van der Waals surface area contributed by atoms with Gasteiger partial charge in [-0.05, 0) is 38.8 Å². The molecule has 0 aromatic carbocycles. The van der Waals surface area contributed by atoms with E-state index in [-0.39, 0.29) is 30.2 Å². The molecule has 27 heavy (non-hydrogen) atoms. The van der Waals surface area contributed by atoms with Crippen molar-refractivity contribution in [2.45, 2.75) is 38.0 Å². The van der Waals surface area contributed by atoms with Gasteiger partial charge in [0.1, 0.15) is 0 Å². The number of amides is 2. The van der Waals surface area contributed by atoms with E-state index in [1.807, 2.05) is 9.80 Å². The van der Waals surface area contributed by atoms with Crippen molar-refractivity contribution < 1.29 is 18.8 Å². The summed E-state index contributed by atoms with van der Waals surface area (Å²) in [5.74, 6) is 1.28. The molecule has 1 atom stereocenters. The van der Waals surface area contributed by atoms with Crippen LogP contribution in [0.5, 0.6) is 0 Å². The first-order chi connectivity index (χ1) is 13.1. The molecule has 2 saturated heterocycles. The Balaban J connectivity index is 1.52. The number of piperidine rings is 2. The van der Waals surface area contributed by atoms with E-state index in [0.29, 0.717) is 31.3 Å². The lowest BCUT2D eigenvalue weighted by molar-refractivity contribution is -0.138. The van der Waals surface area contributed by atoms with E-state index in [0.717, 1.165) is 45.3 Å². The number of likely N-dealkylation sites (tertiary alicyclic amines) is 2. The van der Waals surface area contributed by atoms with Crippen LogP contribution in [0.4, 0.5) is 0 Å². The summed E-state index contributed by atoms with van der Waals surface area (Å²) in [6, 6.07) is 0. The topological polar surface area (TPSA) is 115 Å². The maximum atomic E-state index is 12.9. The molecule has 0 spiro atoms.